The van der Waals surface area contributed by atoms with Gasteiger partial charge in [0, 0.05) is 49.1 Å². The molecular formula is C29H29FN2O2. The normalized spacial score (nSPS) is 14.5. The van der Waals surface area contributed by atoms with Crippen molar-refractivity contribution in [1.29, 1.82) is 0 Å². The summed E-state index contributed by atoms with van der Waals surface area (Å²) in [5.41, 5.74) is 4.35. The Hall–Kier alpha value is -3.60. The van der Waals surface area contributed by atoms with E-state index in [0.29, 0.717) is 13.0 Å². The molecule has 1 amide bonds. The maximum absolute atomic E-state index is 13.7. The number of benzene rings is 3. The number of rotatable bonds is 7. The van der Waals surface area contributed by atoms with Crippen LogP contribution < -0.4 is 4.74 Å². The van der Waals surface area contributed by atoms with Crippen LogP contribution in [0, 0.1) is 5.82 Å². The van der Waals surface area contributed by atoms with Crippen molar-refractivity contribution in [3.8, 4) is 5.75 Å². The number of hydrogen-bond acceptors (Lipinski definition) is 2. The zero-order chi connectivity index (χ0) is 23.5. The maximum Gasteiger partial charge on any atom is 0.223 e. The van der Waals surface area contributed by atoms with Gasteiger partial charge in [-0.3, -0.25) is 4.79 Å². The summed E-state index contributed by atoms with van der Waals surface area (Å²) in [6.07, 6.45) is 4.67. The van der Waals surface area contributed by atoms with Gasteiger partial charge in [0.05, 0.1) is 7.11 Å². The van der Waals surface area contributed by atoms with Crippen LogP contribution in [0.3, 0.4) is 0 Å². The fraction of sp³-hybridized carbons (Fsp3) is 0.276. The molecule has 1 unspecified atom stereocenters. The van der Waals surface area contributed by atoms with Crippen molar-refractivity contribution >= 4 is 16.8 Å². The first kappa shape index (κ1) is 22.2. The highest BCUT2D eigenvalue weighted by Crippen LogP contribution is 2.36. The lowest BCUT2D eigenvalue weighted by molar-refractivity contribution is -0.130. The molecule has 0 spiro atoms. The van der Waals surface area contributed by atoms with Crippen LogP contribution in [-0.2, 0) is 11.3 Å². The van der Waals surface area contributed by atoms with Crippen LogP contribution in [0.4, 0.5) is 4.39 Å². The molecule has 1 saturated heterocycles. The molecule has 0 saturated carbocycles. The third-order valence-corrected chi connectivity index (χ3v) is 6.82. The molecule has 34 heavy (non-hydrogen) atoms. The Bertz CT molecular complexity index is 1270. The van der Waals surface area contributed by atoms with E-state index in [1.165, 1.54) is 17.7 Å². The second kappa shape index (κ2) is 9.72. The number of carbonyl (C=O) groups is 1. The van der Waals surface area contributed by atoms with E-state index in [1.807, 2.05) is 41.3 Å². The average Bonchev–Trinajstić information content (AvgIpc) is 3.53. The first-order valence-corrected chi connectivity index (χ1v) is 11.9. The van der Waals surface area contributed by atoms with Gasteiger partial charge in [0.1, 0.15) is 11.6 Å². The molecule has 1 fully saturated rings. The van der Waals surface area contributed by atoms with Gasteiger partial charge in [-0.2, -0.15) is 0 Å². The fourth-order valence-corrected chi connectivity index (χ4v) is 4.98. The monoisotopic (exact) mass is 456 g/mol. The van der Waals surface area contributed by atoms with Crippen LogP contribution in [0.15, 0.2) is 79.0 Å². The zero-order valence-electron chi connectivity index (χ0n) is 19.4. The highest BCUT2D eigenvalue weighted by molar-refractivity contribution is 5.87. The Morgan fingerprint density at radius 3 is 2.38 bits per heavy atom. The van der Waals surface area contributed by atoms with Gasteiger partial charge in [0.2, 0.25) is 5.91 Å². The number of carbonyl (C=O) groups excluding carboxylic acids is 1. The van der Waals surface area contributed by atoms with Crippen LogP contribution in [0.2, 0.25) is 0 Å². The molecule has 0 radical (unpaired) electrons. The van der Waals surface area contributed by atoms with Gasteiger partial charge in [-0.1, -0.05) is 42.5 Å². The molecule has 2 heterocycles. The summed E-state index contributed by atoms with van der Waals surface area (Å²) in [6, 6.07) is 23.0. The summed E-state index contributed by atoms with van der Waals surface area (Å²) in [5, 5.41) is 1.12. The minimum atomic E-state index is -0.268. The lowest BCUT2D eigenvalue weighted by Gasteiger charge is -2.21. The highest BCUT2D eigenvalue weighted by Gasteiger charge is 2.26. The molecule has 3 aromatic carbocycles. The molecule has 0 N–H and O–H groups in total. The number of fused-ring (bicyclic) bond motifs is 1. The van der Waals surface area contributed by atoms with Gasteiger partial charge in [0.15, 0.2) is 0 Å². The molecule has 1 aliphatic rings. The molecule has 174 valence electrons. The second-order valence-corrected chi connectivity index (χ2v) is 8.97. The molecule has 4 aromatic rings. The summed E-state index contributed by atoms with van der Waals surface area (Å²) < 4.78 is 21.3. The number of likely N-dealkylation sites (tertiary alicyclic amines) is 1. The van der Waals surface area contributed by atoms with Gasteiger partial charge in [0.25, 0.3) is 0 Å². The van der Waals surface area contributed by atoms with Crippen LogP contribution in [0.5, 0.6) is 5.75 Å². The lowest BCUT2D eigenvalue weighted by Crippen LogP contribution is -2.29. The van der Waals surface area contributed by atoms with Crippen LogP contribution >= 0.6 is 0 Å². The van der Waals surface area contributed by atoms with Gasteiger partial charge >= 0.3 is 0 Å². The minimum Gasteiger partial charge on any atom is -0.497 e. The van der Waals surface area contributed by atoms with Crippen LogP contribution in [0.1, 0.15) is 41.9 Å². The number of hydrogen-bond donors (Lipinski definition) is 0. The van der Waals surface area contributed by atoms with E-state index in [1.54, 1.807) is 7.11 Å². The summed E-state index contributed by atoms with van der Waals surface area (Å²) >= 11 is 0. The molecule has 1 aliphatic heterocycles. The Morgan fingerprint density at radius 2 is 1.68 bits per heavy atom. The number of amides is 1. The minimum absolute atomic E-state index is 0.143. The summed E-state index contributed by atoms with van der Waals surface area (Å²) in [4.78, 5) is 15.2. The Labute approximate surface area is 199 Å². The first-order valence-electron chi connectivity index (χ1n) is 11.9. The van der Waals surface area contributed by atoms with E-state index < -0.39 is 0 Å². The topological polar surface area (TPSA) is 34.5 Å². The number of nitrogens with zero attached hydrogens (tertiary/aromatic N) is 2. The van der Waals surface area contributed by atoms with Gasteiger partial charge in [-0.25, -0.2) is 4.39 Å². The van der Waals surface area contributed by atoms with Crippen LogP contribution in [0.25, 0.3) is 10.9 Å². The standard InChI is InChI=1S/C29H29FN2O2/c1-34-24-14-8-21(9-15-24)19-32-20-27(25-6-2-3-7-28(25)32)26(22-10-12-23(30)13-11-22)18-29(33)31-16-4-5-17-31/h2-3,6-15,20,26H,4-5,16-19H2,1H3. The molecular weight excluding hydrogens is 427 g/mol. The quantitative estimate of drug-likeness (QED) is 0.343. The number of para-hydroxylation sites is 1. The lowest BCUT2D eigenvalue weighted by atomic mass is 9.88. The average molecular weight is 457 g/mol. The summed E-state index contributed by atoms with van der Waals surface area (Å²) in [7, 11) is 1.67. The molecule has 1 atom stereocenters. The van der Waals surface area contributed by atoms with Crippen molar-refractivity contribution in [1.82, 2.24) is 9.47 Å². The number of aromatic nitrogens is 1. The Kier molecular flexibility index (Phi) is 6.35. The van der Waals surface area contributed by atoms with Crippen molar-refractivity contribution < 1.29 is 13.9 Å². The number of halogens is 1. The van der Waals surface area contributed by atoms with E-state index in [4.69, 9.17) is 4.74 Å². The fourth-order valence-electron chi connectivity index (χ4n) is 4.98. The summed E-state index contributed by atoms with van der Waals surface area (Å²) in [5.74, 6) is 0.587. The largest absolute Gasteiger partial charge is 0.497 e. The van der Waals surface area contributed by atoms with E-state index in [9.17, 15) is 9.18 Å². The van der Waals surface area contributed by atoms with Gasteiger partial charge in [-0.15, -0.1) is 0 Å². The summed E-state index contributed by atoms with van der Waals surface area (Å²) in [6.45, 7) is 2.36. The van der Waals surface area contributed by atoms with Crippen molar-refractivity contribution in [2.24, 2.45) is 0 Å². The molecule has 0 aliphatic carbocycles. The third kappa shape index (κ3) is 4.56. The van der Waals surface area contributed by atoms with Gasteiger partial charge in [-0.05, 0) is 59.9 Å². The van der Waals surface area contributed by atoms with Crippen LogP contribution in [-0.4, -0.2) is 35.6 Å². The first-order chi connectivity index (χ1) is 16.6. The predicted octanol–water partition coefficient (Wildman–Crippen LogP) is 5.98. The van der Waals surface area contributed by atoms with Gasteiger partial charge < -0.3 is 14.2 Å². The second-order valence-electron chi connectivity index (χ2n) is 8.97. The maximum atomic E-state index is 13.7. The molecule has 1 aromatic heterocycles. The smallest absolute Gasteiger partial charge is 0.223 e. The van der Waals surface area contributed by atoms with E-state index in [-0.39, 0.29) is 17.6 Å². The number of methoxy groups -OCH3 is 1. The van der Waals surface area contributed by atoms with Crippen molar-refractivity contribution in [2.45, 2.75) is 31.7 Å². The Balaban J connectivity index is 1.55. The van der Waals surface area contributed by atoms with E-state index in [0.717, 1.165) is 53.7 Å². The van der Waals surface area contributed by atoms with E-state index >= 15 is 0 Å². The molecule has 5 heteroatoms. The van der Waals surface area contributed by atoms with E-state index in [2.05, 4.69) is 35.0 Å². The van der Waals surface area contributed by atoms with Crippen molar-refractivity contribution in [2.75, 3.05) is 20.2 Å². The third-order valence-electron chi connectivity index (χ3n) is 6.82. The number of ether oxygens (including phenoxy) is 1. The molecule has 5 rings (SSSR count). The zero-order valence-corrected chi connectivity index (χ0v) is 19.4. The van der Waals surface area contributed by atoms with Crippen molar-refractivity contribution in [3.63, 3.8) is 0 Å². The molecule has 4 nitrogen and oxygen atoms in total. The highest BCUT2D eigenvalue weighted by atomic mass is 19.1. The predicted molar refractivity (Wildman–Crippen MR) is 133 cm³/mol. The SMILES string of the molecule is COc1ccc(Cn2cc(C(CC(=O)N3CCCC3)c3ccc(F)cc3)c3ccccc32)cc1. The van der Waals surface area contributed by atoms with Crippen molar-refractivity contribution in [3.05, 3.63) is 102 Å². The Morgan fingerprint density at radius 1 is 0.971 bits per heavy atom. The molecule has 0 bridgehead atoms.